The van der Waals surface area contributed by atoms with Crippen molar-refractivity contribution < 1.29 is 27.2 Å². The Bertz CT molecular complexity index is 1950. The fourth-order valence-corrected chi connectivity index (χ4v) is 7.97. The number of thiophene rings is 1. The Kier molecular flexibility index (Phi) is 9.14. The first-order valence-corrected chi connectivity index (χ1v) is 17.5. The zero-order valence-electron chi connectivity index (χ0n) is 25.7. The van der Waals surface area contributed by atoms with Crippen molar-refractivity contribution in [3.8, 4) is 0 Å². The molecule has 1 saturated heterocycles. The molecule has 5 aromatic rings. The molecule has 6 rings (SSSR count). The number of rotatable bonds is 10. The van der Waals surface area contributed by atoms with Crippen LogP contribution in [0.15, 0.2) is 99.6 Å². The number of hydrogen-bond donors (Lipinski definition) is 0. The molecule has 0 spiro atoms. The topological polar surface area (TPSA) is 100 Å². The zero-order valence-corrected chi connectivity index (χ0v) is 27.4. The van der Waals surface area contributed by atoms with E-state index in [-0.39, 0.29) is 29.7 Å². The second kappa shape index (κ2) is 13.4. The van der Waals surface area contributed by atoms with Crippen molar-refractivity contribution in [2.75, 3.05) is 48.5 Å². The van der Waals surface area contributed by atoms with Crippen molar-refractivity contribution >= 4 is 55.6 Å². The van der Waals surface area contributed by atoms with Crippen molar-refractivity contribution in [3.05, 3.63) is 112 Å². The predicted octanol–water partition coefficient (Wildman–Crippen LogP) is 6.38. The molecule has 1 fully saturated rings. The molecular formula is C35H35N3O6S2. The number of piperazine rings is 1. The molecule has 1 aliphatic rings. The minimum atomic E-state index is -4.08. The minimum absolute atomic E-state index is 0.0195. The molecule has 46 heavy (non-hydrogen) atoms. The number of benzene rings is 3. The van der Waals surface area contributed by atoms with E-state index < -0.39 is 16.0 Å². The van der Waals surface area contributed by atoms with E-state index in [2.05, 4.69) is 4.90 Å². The van der Waals surface area contributed by atoms with Crippen LogP contribution in [0.5, 0.6) is 0 Å². The summed E-state index contributed by atoms with van der Waals surface area (Å²) in [4.78, 5) is 30.2. The first-order chi connectivity index (χ1) is 22.3. The standard InChI is InChI=1S/C35H35N3O6S2/c1-3-43-35(40)33-25(2)28-24-27(15-16-31(28)44-33)46(41,42)38(18-17-26-10-5-4-6-11-26)30-13-8-7-12-29(30)36-19-21-37(22-20-36)34(39)32-14-9-23-45-32/h4-16,23-24H,3,17-22H2,1-2H3. The monoisotopic (exact) mass is 657 g/mol. The number of fused-ring (bicyclic) bond motifs is 1. The van der Waals surface area contributed by atoms with Crippen LogP contribution in [0.4, 0.5) is 11.4 Å². The molecule has 1 aliphatic heterocycles. The molecule has 0 bridgehead atoms. The quantitative estimate of drug-likeness (QED) is 0.161. The fraction of sp³-hybridized carbons (Fsp3) is 0.257. The molecule has 238 valence electrons. The second-order valence-electron chi connectivity index (χ2n) is 11.0. The Labute approximate surface area is 272 Å². The number of esters is 1. The van der Waals surface area contributed by atoms with Crippen LogP contribution >= 0.6 is 11.3 Å². The Morgan fingerprint density at radius 3 is 2.39 bits per heavy atom. The summed E-state index contributed by atoms with van der Waals surface area (Å²) in [5, 5.41) is 2.43. The van der Waals surface area contributed by atoms with Gasteiger partial charge in [-0.1, -0.05) is 48.5 Å². The Morgan fingerprint density at radius 1 is 0.935 bits per heavy atom. The van der Waals surface area contributed by atoms with Crippen molar-refractivity contribution in [1.82, 2.24) is 4.90 Å². The lowest BCUT2D eigenvalue weighted by molar-refractivity contribution is 0.0491. The van der Waals surface area contributed by atoms with Crippen molar-refractivity contribution in [3.63, 3.8) is 0 Å². The number of carbonyl (C=O) groups is 2. The van der Waals surface area contributed by atoms with Gasteiger partial charge in [0.15, 0.2) is 0 Å². The van der Waals surface area contributed by atoms with Crippen LogP contribution in [0.2, 0.25) is 0 Å². The van der Waals surface area contributed by atoms with E-state index in [0.717, 1.165) is 11.3 Å². The number of hydrogen-bond acceptors (Lipinski definition) is 8. The third-order valence-corrected chi connectivity index (χ3v) is 10.9. The maximum Gasteiger partial charge on any atom is 0.374 e. The summed E-state index contributed by atoms with van der Waals surface area (Å²) < 4.78 is 41.6. The highest BCUT2D eigenvalue weighted by molar-refractivity contribution is 7.92. The average Bonchev–Trinajstić information content (AvgIpc) is 3.74. The van der Waals surface area contributed by atoms with Crippen molar-refractivity contribution in [2.24, 2.45) is 0 Å². The van der Waals surface area contributed by atoms with Gasteiger partial charge in [0.1, 0.15) is 5.58 Å². The van der Waals surface area contributed by atoms with Crippen LogP contribution in [0.1, 0.15) is 38.3 Å². The highest BCUT2D eigenvalue weighted by Gasteiger charge is 2.31. The van der Waals surface area contributed by atoms with E-state index in [4.69, 9.17) is 9.15 Å². The van der Waals surface area contributed by atoms with Gasteiger partial charge in [-0.25, -0.2) is 13.2 Å². The molecule has 9 nitrogen and oxygen atoms in total. The lowest BCUT2D eigenvalue weighted by Crippen LogP contribution is -2.49. The summed E-state index contributed by atoms with van der Waals surface area (Å²) >= 11 is 1.43. The summed E-state index contributed by atoms with van der Waals surface area (Å²) in [5.41, 5.74) is 3.30. The Balaban J connectivity index is 1.34. The molecule has 0 aliphatic carbocycles. The highest BCUT2D eigenvalue weighted by atomic mass is 32.2. The van der Waals surface area contributed by atoms with E-state index in [1.165, 1.54) is 21.7 Å². The van der Waals surface area contributed by atoms with Crippen molar-refractivity contribution in [2.45, 2.75) is 25.2 Å². The second-order valence-corrected chi connectivity index (χ2v) is 13.8. The smallest absolute Gasteiger partial charge is 0.374 e. The summed E-state index contributed by atoms with van der Waals surface area (Å²) in [6.45, 7) is 6.03. The molecule has 0 N–H and O–H groups in total. The van der Waals surface area contributed by atoms with Gasteiger partial charge in [0.2, 0.25) is 5.76 Å². The first-order valence-electron chi connectivity index (χ1n) is 15.2. The molecule has 0 unspecified atom stereocenters. The van der Waals surface area contributed by atoms with Gasteiger partial charge in [0, 0.05) is 43.7 Å². The summed E-state index contributed by atoms with van der Waals surface area (Å²) in [6.07, 6.45) is 0.498. The van der Waals surface area contributed by atoms with Crippen LogP contribution in [-0.4, -0.2) is 64.5 Å². The predicted molar refractivity (Wildman–Crippen MR) is 180 cm³/mol. The molecule has 0 radical (unpaired) electrons. The third kappa shape index (κ3) is 6.25. The third-order valence-electron chi connectivity index (χ3n) is 8.19. The molecule has 2 aromatic heterocycles. The average molecular weight is 658 g/mol. The zero-order chi connectivity index (χ0) is 32.3. The molecule has 0 atom stereocenters. The summed E-state index contributed by atoms with van der Waals surface area (Å²) in [5.74, 6) is -0.503. The van der Waals surface area contributed by atoms with Gasteiger partial charge in [-0.15, -0.1) is 11.3 Å². The van der Waals surface area contributed by atoms with E-state index in [1.807, 2.05) is 77.0 Å². The Morgan fingerprint density at radius 2 is 1.67 bits per heavy atom. The number of ether oxygens (including phenoxy) is 1. The normalized spacial score (nSPS) is 13.6. The lowest BCUT2D eigenvalue weighted by Gasteiger charge is -2.38. The summed E-state index contributed by atoms with van der Waals surface area (Å²) in [7, 11) is -4.08. The SMILES string of the molecule is CCOC(=O)c1oc2ccc(S(=O)(=O)N(CCc3ccccc3)c3ccccc3N3CCN(C(=O)c4cccs4)CC3)cc2c1C. The van der Waals surface area contributed by atoms with Crippen molar-refractivity contribution in [1.29, 1.82) is 0 Å². The lowest BCUT2D eigenvalue weighted by atomic mass is 10.1. The molecule has 11 heteroatoms. The number of para-hydroxylation sites is 2. The van der Waals surface area contributed by atoms with Crippen LogP contribution in [0, 0.1) is 6.92 Å². The fourth-order valence-electron chi connectivity index (χ4n) is 5.77. The van der Waals surface area contributed by atoms with Gasteiger partial charge >= 0.3 is 5.97 Å². The minimum Gasteiger partial charge on any atom is -0.460 e. The molecule has 3 aromatic carbocycles. The summed E-state index contributed by atoms with van der Waals surface area (Å²) in [6, 6.07) is 25.7. The molecule has 0 saturated carbocycles. The number of nitrogens with zero attached hydrogens (tertiary/aromatic N) is 3. The number of anilines is 2. The van der Waals surface area contributed by atoms with Gasteiger partial charge in [-0.2, -0.15) is 0 Å². The van der Waals surface area contributed by atoms with E-state index >= 15 is 0 Å². The number of aryl methyl sites for hydroxylation is 1. The largest absolute Gasteiger partial charge is 0.460 e. The van der Waals surface area contributed by atoms with E-state index in [1.54, 1.807) is 26.0 Å². The molecule has 3 heterocycles. The number of carbonyl (C=O) groups excluding carboxylic acids is 2. The molecule has 1 amide bonds. The van der Waals surface area contributed by atoms with Gasteiger partial charge in [-0.05, 0) is 67.6 Å². The number of sulfonamides is 1. The maximum atomic E-state index is 14.6. The van der Waals surface area contributed by atoms with Gasteiger partial charge in [-0.3, -0.25) is 9.10 Å². The first kappa shape index (κ1) is 31.4. The number of amides is 1. The number of furan rings is 1. The van der Waals surface area contributed by atoms with Gasteiger partial charge in [0.25, 0.3) is 15.9 Å². The van der Waals surface area contributed by atoms with Crippen LogP contribution in [0.3, 0.4) is 0 Å². The Hall–Kier alpha value is -4.61. The van der Waals surface area contributed by atoms with Gasteiger partial charge < -0.3 is 19.0 Å². The molecular weight excluding hydrogens is 623 g/mol. The van der Waals surface area contributed by atoms with Crippen LogP contribution in [0.25, 0.3) is 11.0 Å². The van der Waals surface area contributed by atoms with Crippen LogP contribution < -0.4 is 9.21 Å². The van der Waals surface area contributed by atoms with E-state index in [9.17, 15) is 18.0 Å². The van der Waals surface area contributed by atoms with Gasteiger partial charge in [0.05, 0.1) is 27.8 Å². The maximum absolute atomic E-state index is 14.6. The van der Waals surface area contributed by atoms with Crippen LogP contribution in [-0.2, 0) is 21.2 Å². The highest BCUT2D eigenvalue weighted by Crippen LogP contribution is 2.36. The van der Waals surface area contributed by atoms with E-state index in [0.29, 0.717) is 59.7 Å².